The van der Waals surface area contributed by atoms with Gasteiger partial charge in [0.2, 0.25) is 0 Å². The van der Waals surface area contributed by atoms with Crippen LogP contribution < -0.4 is 4.74 Å². The molecule has 0 fully saturated rings. The Kier molecular flexibility index (Phi) is 4.42. The van der Waals surface area contributed by atoms with Crippen molar-refractivity contribution in [1.82, 2.24) is 0 Å². The van der Waals surface area contributed by atoms with Gasteiger partial charge in [0.25, 0.3) is 0 Å². The molecule has 0 unspecified atom stereocenters. The number of rotatable bonds is 3. The molecular formula is C9H10BrClOS. The maximum absolute atomic E-state index is 6.00. The summed E-state index contributed by atoms with van der Waals surface area (Å²) in [5, 5.41) is 0.753. The van der Waals surface area contributed by atoms with Gasteiger partial charge in [-0.25, -0.2) is 0 Å². The Balaban J connectivity index is 3.06. The first-order chi connectivity index (χ1) is 6.19. The minimum absolute atomic E-state index is 0.661. The largest absolute Gasteiger partial charge is 0.493 e. The van der Waals surface area contributed by atoms with E-state index in [1.807, 2.05) is 25.3 Å². The molecule has 1 aromatic rings. The molecule has 0 N–H and O–H groups in total. The Labute approximate surface area is 95.9 Å². The van der Waals surface area contributed by atoms with Crippen LogP contribution in [-0.2, 0) is 0 Å². The Morgan fingerprint density at radius 3 is 2.77 bits per heavy atom. The minimum atomic E-state index is 0.661. The second-order valence-corrected chi connectivity index (χ2v) is 4.46. The van der Waals surface area contributed by atoms with Crippen molar-refractivity contribution >= 4 is 39.3 Å². The van der Waals surface area contributed by atoms with E-state index in [0.717, 1.165) is 20.1 Å². The van der Waals surface area contributed by atoms with Gasteiger partial charge in [0.1, 0.15) is 5.75 Å². The molecule has 0 aliphatic heterocycles. The van der Waals surface area contributed by atoms with Crippen LogP contribution in [0.15, 0.2) is 21.5 Å². The Bertz CT molecular complexity index is 304. The van der Waals surface area contributed by atoms with Gasteiger partial charge in [0, 0.05) is 4.90 Å². The maximum Gasteiger partial charge on any atom is 0.134 e. The molecule has 0 bridgehead atoms. The SMILES string of the molecule is CCOc1cc(SC)c(Cl)cc1Br. The monoisotopic (exact) mass is 280 g/mol. The minimum Gasteiger partial charge on any atom is -0.493 e. The van der Waals surface area contributed by atoms with Crippen molar-refractivity contribution in [2.24, 2.45) is 0 Å². The third-order valence-corrected chi connectivity index (χ3v) is 3.33. The number of ether oxygens (including phenoxy) is 1. The zero-order valence-electron chi connectivity index (χ0n) is 7.43. The number of hydrogen-bond acceptors (Lipinski definition) is 2. The van der Waals surface area contributed by atoms with Crippen LogP contribution in [0.4, 0.5) is 0 Å². The number of benzene rings is 1. The van der Waals surface area contributed by atoms with Crippen LogP contribution in [0.2, 0.25) is 5.02 Å². The van der Waals surface area contributed by atoms with E-state index in [4.69, 9.17) is 16.3 Å². The van der Waals surface area contributed by atoms with Crippen LogP contribution in [0.1, 0.15) is 6.92 Å². The van der Waals surface area contributed by atoms with E-state index in [1.54, 1.807) is 11.8 Å². The van der Waals surface area contributed by atoms with Crippen LogP contribution in [0, 0.1) is 0 Å². The molecule has 0 aliphatic carbocycles. The summed E-state index contributed by atoms with van der Waals surface area (Å²) in [5.41, 5.74) is 0. The molecule has 72 valence electrons. The lowest BCUT2D eigenvalue weighted by molar-refractivity contribution is 0.337. The van der Waals surface area contributed by atoms with E-state index in [1.165, 1.54) is 0 Å². The van der Waals surface area contributed by atoms with Crippen molar-refractivity contribution < 1.29 is 4.74 Å². The second-order valence-electron chi connectivity index (χ2n) is 2.35. The Morgan fingerprint density at radius 2 is 2.23 bits per heavy atom. The van der Waals surface area contributed by atoms with Crippen molar-refractivity contribution in [2.75, 3.05) is 12.9 Å². The summed E-state index contributed by atoms with van der Waals surface area (Å²) in [7, 11) is 0. The van der Waals surface area contributed by atoms with Crippen molar-refractivity contribution in [3.8, 4) is 5.75 Å². The first-order valence-electron chi connectivity index (χ1n) is 3.84. The summed E-state index contributed by atoms with van der Waals surface area (Å²) >= 11 is 11.0. The summed E-state index contributed by atoms with van der Waals surface area (Å²) < 4.78 is 6.32. The molecule has 0 spiro atoms. The van der Waals surface area contributed by atoms with Gasteiger partial charge in [-0.2, -0.15) is 0 Å². The first kappa shape index (κ1) is 11.2. The van der Waals surface area contributed by atoms with Gasteiger partial charge in [0.05, 0.1) is 16.1 Å². The number of hydrogen-bond donors (Lipinski definition) is 0. The fraction of sp³-hybridized carbons (Fsp3) is 0.333. The Hall–Kier alpha value is 0.140. The van der Waals surface area contributed by atoms with Crippen LogP contribution in [-0.4, -0.2) is 12.9 Å². The van der Waals surface area contributed by atoms with Gasteiger partial charge < -0.3 is 4.74 Å². The highest BCUT2D eigenvalue weighted by Crippen LogP contribution is 2.35. The first-order valence-corrected chi connectivity index (χ1v) is 6.24. The lowest BCUT2D eigenvalue weighted by Gasteiger charge is -2.08. The zero-order valence-corrected chi connectivity index (χ0v) is 10.6. The normalized spacial score (nSPS) is 10.2. The number of halogens is 2. The van der Waals surface area contributed by atoms with Gasteiger partial charge in [-0.05, 0) is 41.2 Å². The van der Waals surface area contributed by atoms with E-state index in [-0.39, 0.29) is 0 Å². The molecule has 1 nitrogen and oxygen atoms in total. The van der Waals surface area contributed by atoms with Gasteiger partial charge in [-0.1, -0.05) is 11.6 Å². The lowest BCUT2D eigenvalue weighted by atomic mass is 10.3. The van der Waals surface area contributed by atoms with E-state index >= 15 is 0 Å². The average Bonchev–Trinajstić information content (AvgIpc) is 2.10. The Morgan fingerprint density at radius 1 is 1.54 bits per heavy atom. The molecule has 0 saturated heterocycles. The fourth-order valence-electron chi connectivity index (χ4n) is 0.933. The van der Waals surface area contributed by atoms with Crippen LogP contribution >= 0.6 is 39.3 Å². The lowest BCUT2D eigenvalue weighted by Crippen LogP contribution is -1.92. The molecule has 13 heavy (non-hydrogen) atoms. The standard InChI is InChI=1S/C9H10BrClOS/c1-3-12-8-5-9(13-2)7(11)4-6(8)10/h4-5H,3H2,1-2H3. The zero-order chi connectivity index (χ0) is 9.84. The van der Waals surface area contributed by atoms with Crippen LogP contribution in [0.5, 0.6) is 5.75 Å². The average molecular weight is 282 g/mol. The fourth-order valence-corrected chi connectivity index (χ4v) is 2.40. The van der Waals surface area contributed by atoms with Crippen molar-refractivity contribution in [2.45, 2.75) is 11.8 Å². The van der Waals surface area contributed by atoms with Gasteiger partial charge >= 0.3 is 0 Å². The van der Waals surface area contributed by atoms with E-state index in [0.29, 0.717) is 6.61 Å². The predicted molar refractivity (Wildman–Crippen MR) is 62.1 cm³/mol. The molecular weight excluding hydrogens is 272 g/mol. The third kappa shape index (κ3) is 2.79. The van der Waals surface area contributed by atoms with Crippen molar-refractivity contribution in [3.05, 3.63) is 21.6 Å². The molecule has 1 aromatic carbocycles. The molecule has 0 heterocycles. The van der Waals surface area contributed by atoms with Crippen LogP contribution in [0.25, 0.3) is 0 Å². The highest BCUT2D eigenvalue weighted by atomic mass is 79.9. The van der Waals surface area contributed by atoms with E-state index in [2.05, 4.69) is 15.9 Å². The quantitative estimate of drug-likeness (QED) is 0.767. The summed E-state index contributed by atoms with van der Waals surface area (Å²) in [4.78, 5) is 1.04. The van der Waals surface area contributed by atoms with Gasteiger partial charge in [-0.3, -0.25) is 0 Å². The highest BCUT2D eigenvalue weighted by Gasteiger charge is 2.06. The third-order valence-electron chi connectivity index (χ3n) is 1.51. The predicted octanol–water partition coefficient (Wildman–Crippen LogP) is 4.22. The summed E-state index contributed by atoms with van der Waals surface area (Å²) in [6, 6.07) is 3.80. The summed E-state index contributed by atoms with van der Waals surface area (Å²) in [5.74, 6) is 0.844. The highest BCUT2D eigenvalue weighted by molar-refractivity contribution is 9.10. The molecule has 4 heteroatoms. The molecule has 1 rings (SSSR count). The van der Waals surface area contributed by atoms with Gasteiger partial charge in [-0.15, -0.1) is 11.8 Å². The molecule has 0 aliphatic rings. The van der Waals surface area contributed by atoms with Crippen molar-refractivity contribution in [3.63, 3.8) is 0 Å². The smallest absolute Gasteiger partial charge is 0.134 e. The molecule has 0 atom stereocenters. The van der Waals surface area contributed by atoms with Gasteiger partial charge in [0.15, 0.2) is 0 Å². The second kappa shape index (κ2) is 5.13. The number of thioether (sulfide) groups is 1. The summed E-state index contributed by atoms with van der Waals surface area (Å²) in [6.45, 7) is 2.62. The van der Waals surface area contributed by atoms with E-state index in [9.17, 15) is 0 Å². The molecule has 0 radical (unpaired) electrons. The molecule has 0 aromatic heterocycles. The van der Waals surface area contributed by atoms with Crippen molar-refractivity contribution in [1.29, 1.82) is 0 Å². The summed E-state index contributed by atoms with van der Waals surface area (Å²) in [6.07, 6.45) is 1.99. The van der Waals surface area contributed by atoms with E-state index < -0.39 is 0 Å². The maximum atomic E-state index is 6.00. The topological polar surface area (TPSA) is 9.23 Å². The van der Waals surface area contributed by atoms with Crippen LogP contribution in [0.3, 0.4) is 0 Å². The molecule has 0 saturated carbocycles. The molecule has 0 amide bonds.